The van der Waals surface area contributed by atoms with Gasteiger partial charge in [-0.05, 0) is 29.8 Å². The average Bonchev–Trinajstić information content (AvgIpc) is 2.73. The number of fused-ring (bicyclic) bond motifs is 1. The number of benzene rings is 1. The van der Waals surface area contributed by atoms with Crippen molar-refractivity contribution in [3.05, 3.63) is 41.9 Å². The van der Waals surface area contributed by atoms with Crippen LogP contribution in [0.5, 0.6) is 0 Å². The monoisotopic (exact) mass is 259 g/mol. The second-order valence-corrected chi connectivity index (χ2v) is 4.18. The molecule has 0 bridgehead atoms. The first-order chi connectivity index (χ1) is 8.74. The van der Waals surface area contributed by atoms with Crippen LogP contribution in [0.3, 0.4) is 0 Å². The van der Waals surface area contributed by atoms with Crippen LogP contribution in [0, 0.1) is 0 Å². The Morgan fingerprint density at radius 3 is 3.00 bits per heavy atom. The highest BCUT2D eigenvalue weighted by Gasteiger charge is 2.05. The molecule has 0 saturated carbocycles. The van der Waals surface area contributed by atoms with E-state index in [-0.39, 0.29) is 5.28 Å². The van der Waals surface area contributed by atoms with Gasteiger partial charge in [0.2, 0.25) is 5.28 Å². The van der Waals surface area contributed by atoms with Crippen LogP contribution in [-0.4, -0.2) is 19.7 Å². The third-order valence-corrected chi connectivity index (χ3v) is 2.86. The Balaban J connectivity index is 2.05. The fraction of sp³-hybridized carbons (Fsp3) is 0.0833. The topological polar surface area (TPSA) is 55.6 Å². The number of anilines is 2. The number of nitrogens with zero attached hydrogens (tertiary/aromatic N) is 4. The summed E-state index contributed by atoms with van der Waals surface area (Å²) in [5, 5.41) is 8.70. The zero-order chi connectivity index (χ0) is 12.5. The summed E-state index contributed by atoms with van der Waals surface area (Å²) in [6, 6.07) is 7.72. The smallest absolute Gasteiger partial charge is 0.224 e. The Bertz CT molecular complexity index is 707. The summed E-state index contributed by atoms with van der Waals surface area (Å²) in [7, 11) is 1.91. The summed E-state index contributed by atoms with van der Waals surface area (Å²) in [6.07, 6.45) is 3.43. The third-order valence-electron chi connectivity index (χ3n) is 2.68. The van der Waals surface area contributed by atoms with Gasteiger partial charge in [-0.15, -0.1) is 0 Å². The van der Waals surface area contributed by atoms with Gasteiger partial charge >= 0.3 is 0 Å². The second kappa shape index (κ2) is 4.27. The molecule has 0 radical (unpaired) electrons. The maximum Gasteiger partial charge on any atom is 0.224 e. The van der Waals surface area contributed by atoms with E-state index in [0.29, 0.717) is 5.82 Å². The molecule has 0 aliphatic rings. The predicted octanol–water partition coefficient (Wildman–Crippen LogP) is 2.76. The van der Waals surface area contributed by atoms with Gasteiger partial charge in [-0.3, -0.25) is 4.68 Å². The minimum Gasteiger partial charge on any atom is -0.339 e. The molecule has 3 aromatic rings. The highest BCUT2D eigenvalue weighted by Crippen LogP contribution is 2.25. The van der Waals surface area contributed by atoms with Crippen molar-refractivity contribution < 1.29 is 0 Å². The van der Waals surface area contributed by atoms with E-state index in [2.05, 4.69) is 20.4 Å². The number of aryl methyl sites for hydroxylation is 1. The van der Waals surface area contributed by atoms with Gasteiger partial charge in [-0.25, -0.2) is 9.97 Å². The number of hydrogen-bond acceptors (Lipinski definition) is 4. The van der Waals surface area contributed by atoms with Crippen LogP contribution in [0.4, 0.5) is 11.5 Å². The lowest BCUT2D eigenvalue weighted by Gasteiger charge is -2.06. The molecule has 0 spiro atoms. The molecule has 0 saturated heterocycles. The molecule has 1 N–H and O–H groups in total. The zero-order valence-corrected chi connectivity index (χ0v) is 10.4. The number of nitrogens with one attached hydrogen (secondary N) is 1. The highest BCUT2D eigenvalue weighted by molar-refractivity contribution is 6.28. The Kier molecular flexibility index (Phi) is 2.60. The number of halogens is 1. The van der Waals surface area contributed by atoms with Gasteiger partial charge in [-0.1, -0.05) is 6.07 Å². The van der Waals surface area contributed by atoms with E-state index < -0.39 is 0 Å². The number of hydrogen-bond donors (Lipinski definition) is 1. The minimum absolute atomic E-state index is 0.221. The van der Waals surface area contributed by atoms with Crippen LogP contribution in [0.15, 0.2) is 36.7 Å². The molecule has 0 amide bonds. The van der Waals surface area contributed by atoms with Crippen molar-refractivity contribution in [2.75, 3.05) is 5.32 Å². The summed E-state index contributed by atoms with van der Waals surface area (Å²) in [5.74, 6) is 0.659. The first-order valence-electron chi connectivity index (χ1n) is 5.40. The zero-order valence-electron chi connectivity index (χ0n) is 9.63. The van der Waals surface area contributed by atoms with Crippen LogP contribution in [0.1, 0.15) is 0 Å². The third kappa shape index (κ3) is 1.89. The summed E-state index contributed by atoms with van der Waals surface area (Å²) in [6.45, 7) is 0. The fourth-order valence-corrected chi connectivity index (χ4v) is 1.98. The van der Waals surface area contributed by atoms with Crippen molar-refractivity contribution in [1.29, 1.82) is 0 Å². The van der Waals surface area contributed by atoms with Gasteiger partial charge in [0, 0.05) is 18.6 Å². The van der Waals surface area contributed by atoms with E-state index >= 15 is 0 Å². The van der Waals surface area contributed by atoms with Gasteiger partial charge in [0.05, 0.1) is 17.4 Å². The molecule has 1 aromatic carbocycles. The molecule has 0 unspecified atom stereocenters. The van der Waals surface area contributed by atoms with Crippen molar-refractivity contribution in [3.8, 4) is 0 Å². The Hall–Kier alpha value is -2.14. The van der Waals surface area contributed by atoms with E-state index in [0.717, 1.165) is 16.6 Å². The van der Waals surface area contributed by atoms with Crippen LogP contribution in [0.2, 0.25) is 5.28 Å². The van der Waals surface area contributed by atoms with Crippen LogP contribution in [0.25, 0.3) is 10.9 Å². The maximum absolute atomic E-state index is 5.75. The standard InChI is InChI=1S/C12H10ClN5/c1-18-10-4-2-3-9(8(10)7-15-18)16-11-5-6-14-12(13)17-11/h2-7H,1H3,(H,14,16,17). The molecule has 5 nitrogen and oxygen atoms in total. The van der Waals surface area contributed by atoms with Gasteiger partial charge in [0.1, 0.15) is 5.82 Å². The first-order valence-corrected chi connectivity index (χ1v) is 5.78. The normalized spacial score (nSPS) is 10.8. The van der Waals surface area contributed by atoms with Crippen molar-refractivity contribution in [3.63, 3.8) is 0 Å². The SMILES string of the molecule is Cn1ncc2c(Nc3ccnc(Cl)n3)cccc21. The van der Waals surface area contributed by atoms with E-state index in [1.54, 1.807) is 12.3 Å². The molecule has 18 heavy (non-hydrogen) atoms. The second-order valence-electron chi connectivity index (χ2n) is 3.84. The summed E-state index contributed by atoms with van der Waals surface area (Å²) in [4.78, 5) is 7.94. The van der Waals surface area contributed by atoms with E-state index in [1.807, 2.05) is 36.1 Å². The lowest BCUT2D eigenvalue weighted by molar-refractivity contribution is 0.797. The molecule has 2 heterocycles. The van der Waals surface area contributed by atoms with Crippen molar-refractivity contribution in [2.45, 2.75) is 0 Å². The highest BCUT2D eigenvalue weighted by atomic mass is 35.5. The fourth-order valence-electron chi connectivity index (χ4n) is 1.83. The molecule has 3 rings (SSSR count). The molecule has 90 valence electrons. The molecule has 2 aromatic heterocycles. The molecular formula is C12H10ClN5. The van der Waals surface area contributed by atoms with Gasteiger partial charge < -0.3 is 5.32 Å². The van der Waals surface area contributed by atoms with Gasteiger partial charge in [-0.2, -0.15) is 5.10 Å². The summed E-state index contributed by atoms with van der Waals surface area (Å²) < 4.78 is 1.83. The Labute approximate surface area is 108 Å². The van der Waals surface area contributed by atoms with Crippen molar-refractivity contribution in [1.82, 2.24) is 19.7 Å². The van der Waals surface area contributed by atoms with Gasteiger partial charge in [0.25, 0.3) is 0 Å². The summed E-state index contributed by atoms with van der Waals surface area (Å²) >= 11 is 5.75. The molecule has 0 aliphatic carbocycles. The molecule has 0 atom stereocenters. The Morgan fingerprint density at radius 1 is 1.28 bits per heavy atom. The van der Waals surface area contributed by atoms with Crippen LogP contribution >= 0.6 is 11.6 Å². The number of aromatic nitrogens is 4. The lowest BCUT2D eigenvalue weighted by Crippen LogP contribution is -1.95. The van der Waals surface area contributed by atoms with E-state index in [1.165, 1.54) is 0 Å². The average molecular weight is 260 g/mol. The predicted molar refractivity (Wildman–Crippen MR) is 71.0 cm³/mol. The summed E-state index contributed by atoms with van der Waals surface area (Å²) in [5.41, 5.74) is 2.00. The minimum atomic E-state index is 0.221. The Morgan fingerprint density at radius 2 is 2.17 bits per heavy atom. The number of rotatable bonds is 2. The van der Waals surface area contributed by atoms with Crippen molar-refractivity contribution in [2.24, 2.45) is 7.05 Å². The maximum atomic E-state index is 5.75. The van der Waals surface area contributed by atoms with Gasteiger partial charge in [0.15, 0.2) is 0 Å². The van der Waals surface area contributed by atoms with E-state index in [4.69, 9.17) is 11.6 Å². The van der Waals surface area contributed by atoms with Crippen LogP contribution < -0.4 is 5.32 Å². The molecular weight excluding hydrogens is 250 g/mol. The van der Waals surface area contributed by atoms with Crippen molar-refractivity contribution >= 4 is 34.0 Å². The molecule has 0 fully saturated rings. The quantitative estimate of drug-likeness (QED) is 0.719. The molecule has 0 aliphatic heterocycles. The largest absolute Gasteiger partial charge is 0.339 e. The van der Waals surface area contributed by atoms with E-state index in [9.17, 15) is 0 Å². The lowest BCUT2D eigenvalue weighted by atomic mass is 10.2. The first kappa shape index (κ1) is 11.0. The molecule has 6 heteroatoms. The van der Waals surface area contributed by atoms with Crippen LogP contribution in [-0.2, 0) is 7.05 Å².